The third-order valence-electron chi connectivity index (χ3n) is 1.54. The van der Waals surface area contributed by atoms with Crippen LogP contribution >= 0.6 is 0 Å². The molecule has 78 valence electrons. The molecule has 0 aliphatic heterocycles. The van der Waals surface area contributed by atoms with E-state index in [1.165, 1.54) is 0 Å². The van der Waals surface area contributed by atoms with Gasteiger partial charge in [0.2, 0.25) is 0 Å². The van der Waals surface area contributed by atoms with Crippen LogP contribution in [0.1, 0.15) is 16.2 Å². The molecule has 0 radical (unpaired) electrons. The number of rotatable bonds is 4. The van der Waals surface area contributed by atoms with Crippen LogP contribution in [0, 0.1) is 0 Å². The van der Waals surface area contributed by atoms with Gasteiger partial charge in [-0.1, -0.05) is 0 Å². The number of carboxylic acids is 1. The van der Waals surface area contributed by atoms with Gasteiger partial charge in [-0.2, -0.15) is 5.10 Å². The third-order valence-corrected chi connectivity index (χ3v) is 1.54. The van der Waals surface area contributed by atoms with Gasteiger partial charge in [0.05, 0.1) is 5.69 Å². The summed E-state index contributed by atoms with van der Waals surface area (Å²) in [5.74, 6) is -1.27. The molecule has 0 amide bonds. The first-order chi connectivity index (χ1) is 6.50. The molecule has 1 aromatic heterocycles. The number of alkyl halides is 3. The molecule has 0 aromatic carbocycles. The van der Waals surface area contributed by atoms with Crippen LogP contribution in [-0.4, -0.2) is 33.9 Å². The number of hydrogen-bond acceptors (Lipinski definition) is 2. The predicted octanol–water partition coefficient (Wildman–Crippen LogP) is 1.25. The smallest absolute Gasteiger partial charge is 0.353 e. The minimum atomic E-state index is -3.08. The molecule has 4 nitrogen and oxygen atoms in total. The summed E-state index contributed by atoms with van der Waals surface area (Å²) in [6.45, 7) is 0. The fraction of sp³-hybridized carbons (Fsp3) is 0.429. The van der Waals surface area contributed by atoms with E-state index in [2.05, 4.69) is 10.2 Å². The zero-order valence-corrected chi connectivity index (χ0v) is 6.88. The van der Waals surface area contributed by atoms with Gasteiger partial charge < -0.3 is 5.11 Å². The highest BCUT2D eigenvalue weighted by Crippen LogP contribution is 2.11. The molecule has 1 rings (SSSR count). The summed E-state index contributed by atoms with van der Waals surface area (Å²) in [5.41, 5.74) is -0.281. The monoisotopic (exact) mass is 208 g/mol. The molecule has 14 heavy (non-hydrogen) atoms. The molecule has 0 spiro atoms. The highest BCUT2D eigenvalue weighted by atomic mass is 19.3. The molecule has 1 atom stereocenters. The first-order valence-corrected chi connectivity index (χ1v) is 3.70. The van der Waals surface area contributed by atoms with Crippen LogP contribution in [0.5, 0.6) is 0 Å². The minimum Gasteiger partial charge on any atom is -0.477 e. The zero-order chi connectivity index (χ0) is 10.7. The van der Waals surface area contributed by atoms with Gasteiger partial charge in [0, 0.05) is 6.42 Å². The van der Waals surface area contributed by atoms with Crippen LogP contribution in [0.4, 0.5) is 13.2 Å². The van der Waals surface area contributed by atoms with Crippen molar-refractivity contribution < 1.29 is 23.1 Å². The number of aromatic nitrogens is 2. The van der Waals surface area contributed by atoms with Crippen molar-refractivity contribution in [1.82, 2.24) is 10.2 Å². The lowest BCUT2D eigenvalue weighted by atomic mass is 10.2. The number of aromatic carboxylic acids is 1. The SMILES string of the molecule is O=C(O)c1cc(CC(F)C(F)F)n[nH]1. The van der Waals surface area contributed by atoms with Crippen molar-refractivity contribution in [2.45, 2.75) is 19.0 Å². The van der Waals surface area contributed by atoms with E-state index in [0.717, 1.165) is 6.07 Å². The van der Waals surface area contributed by atoms with E-state index in [1.54, 1.807) is 0 Å². The first kappa shape index (κ1) is 10.6. The fourth-order valence-electron chi connectivity index (χ4n) is 0.866. The molecular formula is C7H7F3N2O2. The summed E-state index contributed by atoms with van der Waals surface area (Å²) >= 11 is 0. The summed E-state index contributed by atoms with van der Waals surface area (Å²) in [7, 11) is 0. The van der Waals surface area contributed by atoms with Gasteiger partial charge in [0.1, 0.15) is 5.69 Å². The van der Waals surface area contributed by atoms with E-state index in [4.69, 9.17) is 5.11 Å². The predicted molar refractivity (Wildman–Crippen MR) is 40.2 cm³/mol. The second-order valence-electron chi connectivity index (χ2n) is 2.63. The van der Waals surface area contributed by atoms with Crippen molar-refractivity contribution in [2.75, 3.05) is 0 Å². The van der Waals surface area contributed by atoms with E-state index in [9.17, 15) is 18.0 Å². The summed E-state index contributed by atoms with van der Waals surface area (Å²) in [6.07, 6.45) is -6.00. The van der Waals surface area contributed by atoms with Crippen LogP contribution in [0.3, 0.4) is 0 Å². The molecule has 0 aliphatic rings. The molecule has 0 bridgehead atoms. The van der Waals surface area contributed by atoms with Gasteiger partial charge >= 0.3 is 5.97 Å². The normalized spacial score (nSPS) is 13.1. The Morgan fingerprint density at radius 3 is 2.64 bits per heavy atom. The summed E-state index contributed by atoms with van der Waals surface area (Å²) in [6, 6.07) is 1.03. The van der Waals surface area contributed by atoms with Crippen molar-refractivity contribution in [2.24, 2.45) is 0 Å². The average Bonchev–Trinajstić information content (AvgIpc) is 2.52. The number of halogens is 3. The van der Waals surface area contributed by atoms with E-state index in [1.807, 2.05) is 0 Å². The molecule has 0 fully saturated rings. The second kappa shape index (κ2) is 4.12. The third kappa shape index (κ3) is 2.48. The molecule has 0 aliphatic carbocycles. The summed E-state index contributed by atoms with van der Waals surface area (Å²) in [4.78, 5) is 10.3. The van der Waals surface area contributed by atoms with Gasteiger partial charge in [-0.05, 0) is 6.07 Å². The van der Waals surface area contributed by atoms with Crippen molar-refractivity contribution in [1.29, 1.82) is 0 Å². The Hall–Kier alpha value is -1.53. The lowest BCUT2D eigenvalue weighted by Crippen LogP contribution is -2.15. The van der Waals surface area contributed by atoms with Crippen molar-refractivity contribution in [3.05, 3.63) is 17.5 Å². The van der Waals surface area contributed by atoms with Crippen molar-refractivity contribution in [3.8, 4) is 0 Å². The molecule has 1 heterocycles. The van der Waals surface area contributed by atoms with Crippen molar-refractivity contribution >= 4 is 5.97 Å². The van der Waals surface area contributed by atoms with Gasteiger partial charge in [0.25, 0.3) is 6.43 Å². The lowest BCUT2D eigenvalue weighted by Gasteiger charge is -2.02. The zero-order valence-electron chi connectivity index (χ0n) is 6.88. The summed E-state index contributed by atoms with van der Waals surface area (Å²) < 4.78 is 36.0. The Morgan fingerprint density at radius 2 is 2.21 bits per heavy atom. The van der Waals surface area contributed by atoms with Crippen LogP contribution in [0.2, 0.25) is 0 Å². The Kier molecular flexibility index (Phi) is 3.10. The molecule has 1 aromatic rings. The molecule has 0 saturated heterocycles. The molecule has 1 unspecified atom stereocenters. The van der Waals surface area contributed by atoms with E-state index < -0.39 is 25.0 Å². The van der Waals surface area contributed by atoms with E-state index in [-0.39, 0.29) is 11.4 Å². The molecular weight excluding hydrogens is 201 g/mol. The van der Waals surface area contributed by atoms with Gasteiger partial charge in [-0.15, -0.1) is 0 Å². The maximum atomic E-state index is 12.5. The fourth-order valence-corrected chi connectivity index (χ4v) is 0.866. The molecule has 0 saturated carbocycles. The average molecular weight is 208 g/mol. The maximum Gasteiger partial charge on any atom is 0.353 e. The molecule has 7 heteroatoms. The highest BCUT2D eigenvalue weighted by Gasteiger charge is 2.21. The van der Waals surface area contributed by atoms with Crippen LogP contribution in [0.15, 0.2) is 6.07 Å². The number of nitrogens with one attached hydrogen (secondary N) is 1. The van der Waals surface area contributed by atoms with E-state index in [0.29, 0.717) is 0 Å². The standard InChI is InChI=1S/C7H7F3N2O2/c8-4(6(9)10)1-3-2-5(7(13)14)12-11-3/h2,4,6H,1H2,(H,11,12)(H,13,14). The second-order valence-corrected chi connectivity index (χ2v) is 2.63. The number of aromatic amines is 1. The van der Waals surface area contributed by atoms with Crippen LogP contribution in [-0.2, 0) is 6.42 Å². The Bertz CT molecular complexity index is 326. The maximum absolute atomic E-state index is 12.5. The number of H-pyrrole nitrogens is 1. The topological polar surface area (TPSA) is 66.0 Å². The number of hydrogen-bond donors (Lipinski definition) is 2. The molecule has 2 N–H and O–H groups in total. The number of carboxylic acid groups (broad SMARTS) is 1. The quantitative estimate of drug-likeness (QED) is 0.782. The van der Waals surface area contributed by atoms with Gasteiger partial charge in [0.15, 0.2) is 6.17 Å². The number of nitrogens with zero attached hydrogens (tertiary/aromatic N) is 1. The van der Waals surface area contributed by atoms with Crippen LogP contribution in [0.25, 0.3) is 0 Å². The van der Waals surface area contributed by atoms with Crippen LogP contribution < -0.4 is 0 Å². The lowest BCUT2D eigenvalue weighted by molar-refractivity contribution is 0.0498. The van der Waals surface area contributed by atoms with E-state index >= 15 is 0 Å². The Morgan fingerprint density at radius 1 is 1.57 bits per heavy atom. The Labute approximate surface area is 76.7 Å². The largest absolute Gasteiger partial charge is 0.477 e. The Balaban J connectivity index is 2.64. The highest BCUT2D eigenvalue weighted by molar-refractivity contribution is 5.85. The van der Waals surface area contributed by atoms with Gasteiger partial charge in [-0.25, -0.2) is 18.0 Å². The van der Waals surface area contributed by atoms with Crippen molar-refractivity contribution in [3.63, 3.8) is 0 Å². The minimum absolute atomic E-state index is 0.0322. The summed E-state index contributed by atoms with van der Waals surface area (Å²) in [5, 5.41) is 13.9. The number of carbonyl (C=O) groups is 1. The first-order valence-electron chi connectivity index (χ1n) is 3.70. The van der Waals surface area contributed by atoms with Gasteiger partial charge in [-0.3, -0.25) is 5.10 Å².